The van der Waals surface area contributed by atoms with Crippen molar-refractivity contribution in [3.63, 3.8) is 0 Å². The van der Waals surface area contributed by atoms with Crippen LogP contribution in [0.3, 0.4) is 0 Å². The fourth-order valence-corrected chi connectivity index (χ4v) is 3.47. The van der Waals surface area contributed by atoms with E-state index >= 15 is 0 Å². The number of nitrogens with zero attached hydrogens (tertiary/aromatic N) is 2. The van der Waals surface area contributed by atoms with Gasteiger partial charge < -0.3 is 21.9 Å². The second kappa shape index (κ2) is 8.46. The Morgan fingerprint density at radius 1 is 0.900 bits per heavy atom. The van der Waals surface area contributed by atoms with Crippen LogP contribution in [-0.2, 0) is 6.42 Å². The number of rotatable bonds is 5. The van der Waals surface area contributed by atoms with Crippen molar-refractivity contribution in [3.05, 3.63) is 64.7 Å². The highest BCUT2D eigenvalue weighted by Gasteiger charge is 2.18. The number of ether oxygens (including phenoxy) is 1. The Bertz CT molecular complexity index is 1160. The molecular formula is C24H23N5O. The van der Waals surface area contributed by atoms with Crippen molar-refractivity contribution < 1.29 is 4.74 Å². The molecule has 0 aliphatic rings. The average molecular weight is 397 g/mol. The zero-order valence-electron chi connectivity index (χ0n) is 17.0. The molecule has 0 aromatic heterocycles. The number of hydrogen-bond acceptors (Lipinski definition) is 6. The van der Waals surface area contributed by atoms with Crippen LogP contribution in [0.2, 0.25) is 0 Å². The largest absolute Gasteiger partial charge is 0.455 e. The molecule has 3 rings (SSSR count). The number of anilines is 3. The van der Waals surface area contributed by atoms with Crippen LogP contribution in [0.25, 0.3) is 11.1 Å². The maximum absolute atomic E-state index is 9.02. The van der Waals surface area contributed by atoms with E-state index < -0.39 is 0 Å². The summed E-state index contributed by atoms with van der Waals surface area (Å²) in [6, 6.07) is 16.9. The van der Waals surface area contributed by atoms with E-state index in [2.05, 4.69) is 12.1 Å². The predicted molar refractivity (Wildman–Crippen MR) is 120 cm³/mol. The summed E-state index contributed by atoms with van der Waals surface area (Å²) >= 11 is 0. The summed E-state index contributed by atoms with van der Waals surface area (Å²) in [7, 11) is 0. The van der Waals surface area contributed by atoms with E-state index in [9.17, 15) is 0 Å². The van der Waals surface area contributed by atoms with Crippen molar-refractivity contribution >= 4 is 17.1 Å². The van der Waals surface area contributed by atoms with Crippen molar-refractivity contribution in [1.29, 1.82) is 10.5 Å². The van der Waals surface area contributed by atoms with Crippen LogP contribution >= 0.6 is 0 Å². The van der Waals surface area contributed by atoms with E-state index in [0.29, 0.717) is 52.5 Å². The Hall–Kier alpha value is -4.16. The van der Waals surface area contributed by atoms with E-state index in [4.69, 9.17) is 32.5 Å². The number of benzene rings is 3. The number of nitrogen functional groups attached to an aromatic ring is 3. The first kappa shape index (κ1) is 20.6. The maximum Gasteiger partial charge on any atom is 0.153 e. The van der Waals surface area contributed by atoms with Gasteiger partial charge in [-0.05, 0) is 54.7 Å². The third-order valence-corrected chi connectivity index (χ3v) is 4.96. The van der Waals surface area contributed by atoms with Gasteiger partial charge in [0.05, 0.1) is 34.8 Å². The molecule has 6 nitrogen and oxygen atoms in total. The number of hydrogen-bond donors (Lipinski definition) is 3. The third kappa shape index (κ3) is 3.99. The van der Waals surface area contributed by atoms with Crippen LogP contribution in [0.15, 0.2) is 42.5 Å². The molecule has 0 radical (unpaired) electrons. The Morgan fingerprint density at radius 3 is 2.10 bits per heavy atom. The first-order chi connectivity index (χ1) is 14.3. The van der Waals surface area contributed by atoms with Crippen molar-refractivity contribution in [2.75, 3.05) is 17.2 Å². The highest BCUT2D eigenvalue weighted by Crippen LogP contribution is 2.44. The molecular weight excluding hydrogens is 374 g/mol. The fourth-order valence-electron chi connectivity index (χ4n) is 3.47. The van der Waals surface area contributed by atoms with Gasteiger partial charge in [0.2, 0.25) is 0 Å². The van der Waals surface area contributed by atoms with Crippen LogP contribution in [0, 0.1) is 36.5 Å². The van der Waals surface area contributed by atoms with Crippen molar-refractivity contribution in [1.82, 2.24) is 0 Å². The summed E-state index contributed by atoms with van der Waals surface area (Å²) in [5.74, 6) is 1.11. The van der Waals surface area contributed by atoms with Crippen molar-refractivity contribution in [3.8, 4) is 34.8 Å². The van der Waals surface area contributed by atoms with Gasteiger partial charge in [0.1, 0.15) is 5.75 Å². The summed E-state index contributed by atoms with van der Waals surface area (Å²) in [5.41, 5.74) is 24.8. The van der Waals surface area contributed by atoms with Crippen LogP contribution in [-0.4, -0.2) is 0 Å². The SMILES string of the molecule is Cc1cc(CCC#N)cc(C)c1Oc1cc(N)c(N)c(-c2ccc(C#N)cc2)c1N. The predicted octanol–water partition coefficient (Wildman–Crippen LogP) is 4.84. The summed E-state index contributed by atoms with van der Waals surface area (Å²) < 4.78 is 6.20. The molecule has 150 valence electrons. The van der Waals surface area contributed by atoms with Gasteiger partial charge in [0.15, 0.2) is 5.75 Å². The smallest absolute Gasteiger partial charge is 0.153 e. The highest BCUT2D eigenvalue weighted by molar-refractivity contribution is 5.95. The van der Waals surface area contributed by atoms with Crippen LogP contribution in [0.1, 0.15) is 28.7 Å². The average Bonchev–Trinajstić information content (AvgIpc) is 2.73. The Kier molecular flexibility index (Phi) is 5.80. The monoisotopic (exact) mass is 397 g/mol. The minimum Gasteiger partial charge on any atom is -0.455 e. The second-order valence-electron chi connectivity index (χ2n) is 7.17. The molecule has 6 heteroatoms. The topological polar surface area (TPSA) is 135 Å². The van der Waals surface area contributed by atoms with Gasteiger partial charge in [0, 0.05) is 18.1 Å². The molecule has 0 spiro atoms. The Balaban J connectivity index is 2.05. The van der Waals surface area contributed by atoms with Gasteiger partial charge in [-0.15, -0.1) is 0 Å². The third-order valence-electron chi connectivity index (χ3n) is 4.96. The van der Waals surface area contributed by atoms with Crippen LogP contribution in [0.5, 0.6) is 11.5 Å². The van der Waals surface area contributed by atoms with Gasteiger partial charge >= 0.3 is 0 Å². The zero-order chi connectivity index (χ0) is 21.8. The Labute approximate surface area is 176 Å². The second-order valence-corrected chi connectivity index (χ2v) is 7.17. The number of nitrogens with two attached hydrogens (primary N) is 3. The van der Waals surface area contributed by atoms with Gasteiger partial charge in [-0.1, -0.05) is 24.3 Å². The summed E-state index contributed by atoms with van der Waals surface area (Å²) in [4.78, 5) is 0. The van der Waals surface area contributed by atoms with Gasteiger partial charge in [0.25, 0.3) is 0 Å². The minimum atomic E-state index is 0.361. The van der Waals surface area contributed by atoms with Gasteiger partial charge in [-0.25, -0.2) is 0 Å². The summed E-state index contributed by atoms with van der Waals surface area (Å²) in [6.07, 6.45) is 1.16. The molecule has 0 aliphatic carbocycles. The molecule has 3 aromatic carbocycles. The van der Waals surface area contributed by atoms with Crippen molar-refractivity contribution in [2.45, 2.75) is 26.7 Å². The van der Waals surface area contributed by atoms with Gasteiger partial charge in [-0.3, -0.25) is 0 Å². The molecule has 0 heterocycles. The Morgan fingerprint density at radius 2 is 1.53 bits per heavy atom. The van der Waals surface area contributed by atoms with E-state index in [1.165, 1.54) is 0 Å². The normalized spacial score (nSPS) is 10.3. The molecule has 0 saturated heterocycles. The molecule has 0 bridgehead atoms. The molecule has 6 N–H and O–H groups in total. The molecule has 0 fully saturated rings. The summed E-state index contributed by atoms with van der Waals surface area (Å²) in [5, 5.41) is 17.8. The first-order valence-corrected chi connectivity index (χ1v) is 9.48. The van der Waals surface area contributed by atoms with Crippen LogP contribution in [0.4, 0.5) is 17.1 Å². The van der Waals surface area contributed by atoms with E-state index in [1.807, 2.05) is 26.0 Å². The molecule has 0 aliphatic heterocycles. The quantitative estimate of drug-likeness (QED) is 0.527. The van der Waals surface area contributed by atoms with E-state index in [0.717, 1.165) is 22.3 Å². The molecule has 3 aromatic rings. The van der Waals surface area contributed by atoms with Crippen LogP contribution < -0.4 is 21.9 Å². The lowest BCUT2D eigenvalue weighted by Crippen LogP contribution is -2.04. The van der Waals surface area contributed by atoms with E-state index in [1.54, 1.807) is 30.3 Å². The standard InChI is InChI=1S/C24H23N5O/c1-14-10-17(4-3-9-25)11-15(2)24(14)30-20-12-19(27)22(28)21(23(20)29)18-7-5-16(13-26)6-8-18/h5-8,10-12H,3-4,27-29H2,1-2H3. The molecule has 0 unspecified atom stereocenters. The summed E-state index contributed by atoms with van der Waals surface area (Å²) in [6.45, 7) is 3.91. The minimum absolute atomic E-state index is 0.361. The van der Waals surface area contributed by atoms with E-state index in [-0.39, 0.29) is 0 Å². The lowest BCUT2D eigenvalue weighted by Gasteiger charge is -2.19. The maximum atomic E-state index is 9.02. The number of nitriles is 2. The van der Waals surface area contributed by atoms with Gasteiger partial charge in [-0.2, -0.15) is 10.5 Å². The highest BCUT2D eigenvalue weighted by atomic mass is 16.5. The molecule has 0 saturated carbocycles. The van der Waals surface area contributed by atoms with Crippen molar-refractivity contribution in [2.24, 2.45) is 0 Å². The lowest BCUT2D eigenvalue weighted by molar-refractivity contribution is 0.477. The molecule has 30 heavy (non-hydrogen) atoms. The zero-order valence-corrected chi connectivity index (χ0v) is 17.0. The fraction of sp³-hybridized carbons (Fsp3) is 0.167. The molecule has 0 amide bonds. The first-order valence-electron chi connectivity index (χ1n) is 9.48. The number of aryl methyl sites for hydroxylation is 3. The lowest BCUT2D eigenvalue weighted by atomic mass is 9.98. The molecule has 0 atom stereocenters.